The molecule has 0 saturated carbocycles. The van der Waals surface area contributed by atoms with Crippen LogP contribution < -0.4 is 10.6 Å². The standard InChI is InChI=1S/C17H29BrN4OS/c1-13(2)15(22-8-10-23-11-9-22)12-21-17(19-3)20-7-6-14-4-5-16(18)24-14/h4-5,13,15H,6-12H2,1-3H3,(H2,19,20,21). The molecular weight excluding hydrogens is 388 g/mol. The Bertz CT molecular complexity index is 514. The van der Waals surface area contributed by atoms with E-state index in [9.17, 15) is 0 Å². The number of thiophene rings is 1. The van der Waals surface area contributed by atoms with Gasteiger partial charge in [0.15, 0.2) is 5.96 Å². The molecule has 0 radical (unpaired) electrons. The van der Waals surface area contributed by atoms with E-state index in [2.05, 4.69) is 62.4 Å². The molecule has 1 aliphatic rings. The normalized spacial score (nSPS) is 18.0. The summed E-state index contributed by atoms with van der Waals surface area (Å²) < 4.78 is 6.66. The molecule has 1 atom stereocenters. The largest absolute Gasteiger partial charge is 0.379 e. The SMILES string of the molecule is CN=C(NCCc1ccc(Br)s1)NCC(C(C)C)N1CCOCC1. The Morgan fingerprint density at radius 2 is 2.08 bits per heavy atom. The van der Waals surface area contributed by atoms with Gasteiger partial charge in [0.05, 0.1) is 17.0 Å². The van der Waals surface area contributed by atoms with E-state index >= 15 is 0 Å². The highest BCUT2D eigenvalue weighted by molar-refractivity contribution is 9.11. The van der Waals surface area contributed by atoms with Gasteiger partial charge in [-0.25, -0.2) is 0 Å². The molecule has 0 spiro atoms. The van der Waals surface area contributed by atoms with E-state index in [0.717, 1.165) is 51.8 Å². The van der Waals surface area contributed by atoms with E-state index in [1.165, 1.54) is 8.66 Å². The van der Waals surface area contributed by atoms with E-state index < -0.39 is 0 Å². The fourth-order valence-corrected chi connectivity index (χ4v) is 4.39. The van der Waals surface area contributed by atoms with Crippen LogP contribution in [0.5, 0.6) is 0 Å². The van der Waals surface area contributed by atoms with Gasteiger partial charge in [0.1, 0.15) is 0 Å². The maximum Gasteiger partial charge on any atom is 0.191 e. The molecule has 0 aliphatic carbocycles. The predicted octanol–water partition coefficient (Wildman–Crippen LogP) is 2.57. The van der Waals surface area contributed by atoms with Gasteiger partial charge in [-0.3, -0.25) is 9.89 Å². The van der Waals surface area contributed by atoms with Crippen LogP contribution in [-0.4, -0.2) is 63.3 Å². The highest BCUT2D eigenvalue weighted by atomic mass is 79.9. The van der Waals surface area contributed by atoms with Crippen molar-refractivity contribution in [2.75, 3.05) is 46.4 Å². The summed E-state index contributed by atoms with van der Waals surface area (Å²) in [4.78, 5) is 8.24. The van der Waals surface area contributed by atoms with Crippen molar-refractivity contribution in [3.8, 4) is 0 Å². The topological polar surface area (TPSA) is 48.9 Å². The Hall–Kier alpha value is -0.630. The van der Waals surface area contributed by atoms with Gasteiger partial charge in [-0.2, -0.15) is 0 Å². The zero-order valence-corrected chi connectivity index (χ0v) is 17.3. The molecule has 2 heterocycles. The first-order valence-electron chi connectivity index (χ1n) is 8.60. The second-order valence-electron chi connectivity index (χ2n) is 6.30. The van der Waals surface area contributed by atoms with Crippen molar-refractivity contribution in [1.29, 1.82) is 0 Å². The minimum Gasteiger partial charge on any atom is -0.379 e. The smallest absolute Gasteiger partial charge is 0.191 e. The molecule has 7 heteroatoms. The van der Waals surface area contributed by atoms with Crippen LogP contribution in [-0.2, 0) is 11.2 Å². The number of aliphatic imine (C=N–C) groups is 1. The third kappa shape index (κ3) is 6.35. The lowest BCUT2D eigenvalue weighted by molar-refractivity contribution is 0.00752. The summed E-state index contributed by atoms with van der Waals surface area (Å²) in [5, 5.41) is 6.90. The fourth-order valence-electron chi connectivity index (χ4n) is 2.91. The Labute approximate surface area is 158 Å². The quantitative estimate of drug-likeness (QED) is 0.529. The average Bonchev–Trinajstić information content (AvgIpc) is 2.99. The number of hydrogen-bond acceptors (Lipinski definition) is 4. The maximum absolute atomic E-state index is 5.47. The molecule has 136 valence electrons. The van der Waals surface area contributed by atoms with Crippen molar-refractivity contribution in [2.24, 2.45) is 10.9 Å². The number of halogens is 1. The molecule has 1 aromatic heterocycles. The summed E-state index contributed by atoms with van der Waals surface area (Å²) >= 11 is 5.29. The lowest BCUT2D eigenvalue weighted by Gasteiger charge is -2.37. The van der Waals surface area contributed by atoms with Crippen LogP contribution in [0.25, 0.3) is 0 Å². The number of hydrogen-bond donors (Lipinski definition) is 2. The van der Waals surface area contributed by atoms with Crippen molar-refractivity contribution in [2.45, 2.75) is 26.3 Å². The zero-order chi connectivity index (χ0) is 17.4. The number of nitrogens with zero attached hydrogens (tertiary/aromatic N) is 2. The van der Waals surface area contributed by atoms with Gasteiger partial charge in [-0.1, -0.05) is 13.8 Å². The van der Waals surface area contributed by atoms with Crippen LogP contribution in [0.15, 0.2) is 20.9 Å². The van der Waals surface area contributed by atoms with Crippen molar-refractivity contribution in [3.05, 3.63) is 20.8 Å². The Balaban J connectivity index is 1.76. The first-order valence-corrected chi connectivity index (χ1v) is 10.2. The number of guanidine groups is 1. The molecule has 0 aromatic carbocycles. The summed E-state index contributed by atoms with van der Waals surface area (Å²) in [5.74, 6) is 1.47. The maximum atomic E-state index is 5.47. The first kappa shape index (κ1) is 19.7. The lowest BCUT2D eigenvalue weighted by atomic mass is 10.0. The van der Waals surface area contributed by atoms with E-state index in [1.54, 1.807) is 11.3 Å². The molecule has 1 unspecified atom stereocenters. The number of morpholine rings is 1. The monoisotopic (exact) mass is 416 g/mol. The van der Waals surface area contributed by atoms with Gasteiger partial charge < -0.3 is 15.4 Å². The Morgan fingerprint density at radius 3 is 2.67 bits per heavy atom. The summed E-state index contributed by atoms with van der Waals surface area (Å²) in [7, 11) is 1.83. The molecule has 0 amide bonds. The molecule has 24 heavy (non-hydrogen) atoms. The van der Waals surface area contributed by atoms with Crippen molar-refractivity contribution in [3.63, 3.8) is 0 Å². The van der Waals surface area contributed by atoms with E-state index in [1.807, 2.05) is 7.05 Å². The van der Waals surface area contributed by atoms with Crippen LogP contribution in [0.4, 0.5) is 0 Å². The Morgan fingerprint density at radius 1 is 1.33 bits per heavy atom. The summed E-state index contributed by atoms with van der Waals surface area (Å²) in [6.07, 6.45) is 1.01. The van der Waals surface area contributed by atoms with Gasteiger partial charge in [0.2, 0.25) is 0 Å². The third-order valence-electron chi connectivity index (χ3n) is 4.28. The second-order valence-corrected chi connectivity index (χ2v) is 8.84. The minimum absolute atomic E-state index is 0.501. The number of ether oxygens (including phenoxy) is 1. The molecular formula is C17H29BrN4OS. The van der Waals surface area contributed by atoms with Gasteiger partial charge in [0.25, 0.3) is 0 Å². The summed E-state index contributed by atoms with van der Waals surface area (Å²) in [6.45, 7) is 10.1. The molecule has 0 bridgehead atoms. The molecule has 1 fully saturated rings. The van der Waals surface area contributed by atoms with Gasteiger partial charge in [-0.05, 0) is 40.4 Å². The highest BCUT2D eigenvalue weighted by Crippen LogP contribution is 2.22. The number of nitrogens with one attached hydrogen (secondary N) is 2. The van der Waals surface area contributed by atoms with E-state index in [-0.39, 0.29) is 0 Å². The van der Waals surface area contributed by atoms with Crippen LogP contribution in [0.2, 0.25) is 0 Å². The van der Waals surface area contributed by atoms with Crippen LogP contribution >= 0.6 is 27.3 Å². The lowest BCUT2D eigenvalue weighted by Crippen LogP contribution is -2.52. The highest BCUT2D eigenvalue weighted by Gasteiger charge is 2.23. The van der Waals surface area contributed by atoms with Gasteiger partial charge >= 0.3 is 0 Å². The van der Waals surface area contributed by atoms with Gasteiger partial charge in [0, 0.05) is 44.1 Å². The molecule has 1 aromatic rings. The van der Waals surface area contributed by atoms with E-state index in [4.69, 9.17) is 4.74 Å². The first-order chi connectivity index (χ1) is 11.6. The predicted molar refractivity (Wildman–Crippen MR) is 106 cm³/mol. The average molecular weight is 417 g/mol. The zero-order valence-electron chi connectivity index (χ0n) is 14.8. The summed E-state index contributed by atoms with van der Waals surface area (Å²) in [6, 6.07) is 4.77. The van der Waals surface area contributed by atoms with Crippen LogP contribution in [0.1, 0.15) is 18.7 Å². The minimum atomic E-state index is 0.501. The van der Waals surface area contributed by atoms with Crippen molar-refractivity contribution >= 4 is 33.2 Å². The van der Waals surface area contributed by atoms with Crippen LogP contribution in [0.3, 0.4) is 0 Å². The molecule has 2 N–H and O–H groups in total. The fraction of sp³-hybridized carbons (Fsp3) is 0.706. The third-order valence-corrected chi connectivity index (χ3v) is 5.96. The van der Waals surface area contributed by atoms with Crippen LogP contribution in [0, 0.1) is 5.92 Å². The molecule has 2 rings (SSSR count). The molecule has 1 aliphatic heterocycles. The Kier molecular flexibility index (Phi) is 8.52. The second kappa shape index (κ2) is 10.4. The summed E-state index contributed by atoms with van der Waals surface area (Å²) in [5.41, 5.74) is 0. The van der Waals surface area contributed by atoms with Crippen molar-refractivity contribution in [1.82, 2.24) is 15.5 Å². The van der Waals surface area contributed by atoms with Gasteiger partial charge in [-0.15, -0.1) is 11.3 Å². The number of rotatable bonds is 7. The molecule has 1 saturated heterocycles. The molecule has 5 nitrogen and oxygen atoms in total. The van der Waals surface area contributed by atoms with E-state index in [0.29, 0.717) is 12.0 Å². The van der Waals surface area contributed by atoms with Crippen molar-refractivity contribution < 1.29 is 4.74 Å².